The summed E-state index contributed by atoms with van der Waals surface area (Å²) < 4.78 is 10.9. The van der Waals surface area contributed by atoms with Gasteiger partial charge in [-0.1, -0.05) is 38.8 Å². The fourth-order valence-electron chi connectivity index (χ4n) is 2.30. The van der Waals surface area contributed by atoms with Crippen molar-refractivity contribution in [3.05, 3.63) is 24.3 Å². The summed E-state index contributed by atoms with van der Waals surface area (Å²) in [6.07, 6.45) is 3.08. The van der Waals surface area contributed by atoms with Crippen LogP contribution in [0.25, 0.3) is 0 Å². The Morgan fingerprint density at radius 3 is 1.62 bits per heavy atom. The lowest BCUT2D eigenvalue weighted by molar-refractivity contribution is 0.0419. The molecule has 0 saturated carbocycles. The number of benzene rings is 1. The molecule has 1 aromatic rings. The zero-order valence-corrected chi connectivity index (χ0v) is 16.2. The Labute approximate surface area is 157 Å². The van der Waals surface area contributed by atoms with Gasteiger partial charge in [-0.3, -0.25) is 0 Å². The van der Waals surface area contributed by atoms with E-state index in [1.54, 1.807) is 0 Å². The van der Waals surface area contributed by atoms with Crippen LogP contribution in [0, 0.1) is 0 Å². The van der Waals surface area contributed by atoms with Crippen molar-refractivity contribution in [2.24, 2.45) is 0 Å². The van der Waals surface area contributed by atoms with E-state index in [-0.39, 0.29) is 0 Å². The number of aliphatic hydroxyl groups excluding tert-OH is 2. The lowest BCUT2D eigenvalue weighted by atomic mass is 10.2. The zero-order valence-electron chi connectivity index (χ0n) is 16.2. The van der Waals surface area contributed by atoms with Crippen LogP contribution in [-0.4, -0.2) is 61.9 Å². The van der Waals surface area contributed by atoms with Crippen LogP contribution in [0.1, 0.15) is 39.5 Å². The van der Waals surface area contributed by atoms with E-state index in [9.17, 15) is 10.2 Å². The van der Waals surface area contributed by atoms with E-state index in [1.165, 1.54) is 0 Å². The van der Waals surface area contributed by atoms with Crippen LogP contribution in [0.15, 0.2) is 24.3 Å². The summed E-state index contributed by atoms with van der Waals surface area (Å²) in [5.41, 5.74) is 1.78. The van der Waals surface area contributed by atoms with Crippen molar-refractivity contribution < 1.29 is 19.7 Å². The molecule has 0 spiro atoms. The summed E-state index contributed by atoms with van der Waals surface area (Å²) in [6.45, 7) is 7.07. The summed E-state index contributed by atoms with van der Waals surface area (Å²) in [4.78, 5) is 0. The maximum absolute atomic E-state index is 10.00. The quantitative estimate of drug-likeness (QED) is 0.336. The van der Waals surface area contributed by atoms with Crippen molar-refractivity contribution in [3.8, 4) is 0 Å². The molecule has 0 radical (unpaired) electrons. The molecule has 0 aliphatic rings. The molecule has 0 heterocycles. The molecular formula is C20H36N2O4. The molecule has 6 heteroatoms. The van der Waals surface area contributed by atoms with Gasteiger partial charge in [0.15, 0.2) is 0 Å². The molecular weight excluding hydrogens is 332 g/mol. The Hall–Kier alpha value is -1.34. The van der Waals surface area contributed by atoms with Gasteiger partial charge in [-0.05, 0) is 25.0 Å². The van der Waals surface area contributed by atoms with Gasteiger partial charge in [-0.2, -0.15) is 0 Å². The SMILES string of the molecule is CCCCOCC(O)CNc1ccccc1NCC(O)COCCCC. The monoisotopic (exact) mass is 368 g/mol. The minimum Gasteiger partial charge on any atom is -0.389 e. The number of hydrogen-bond acceptors (Lipinski definition) is 6. The highest BCUT2D eigenvalue weighted by Crippen LogP contribution is 2.20. The largest absolute Gasteiger partial charge is 0.389 e. The van der Waals surface area contributed by atoms with E-state index in [2.05, 4.69) is 24.5 Å². The Kier molecular flexibility index (Phi) is 12.9. The van der Waals surface area contributed by atoms with Crippen molar-refractivity contribution in [1.82, 2.24) is 0 Å². The van der Waals surface area contributed by atoms with Gasteiger partial charge in [0.2, 0.25) is 0 Å². The fourth-order valence-corrected chi connectivity index (χ4v) is 2.30. The molecule has 1 aromatic carbocycles. The molecule has 4 N–H and O–H groups in total. The van der Waals surface area contributed by atoms with Gasteiger partial charge < -0.3 is 30.3 Å². The van der Waals surface area contributed by atoms with Crippen LogP contribution in [0.4, 0.5) is 11.4 Å². The Bertz CT molecular complexity index is 418. The molecule has 2 atom stereocenters. The first-order valence-corrected chi connectivity index (χ1v) is 9.75. The zero-order chi connectivity index (χ0) is 19.0. The van der Waals surface area contributed by atoms with Gasteiger partial charge in [0.05, 0.1) is 36.8 Å². The smallest absolute Gasteiger partial charge is 0.0945 e. The molecule has 0 fully saturated rings. The van der Waals surface area contributed by atoms with Gasteiger partial charge in [0, 0.05) is 26.3 Å². The third-order valence-electron chi connectivity index (χ3n) is 3.89. The number of nitrogens with one attached hydrogen (secondary N) is 2. The fraction of sp³-hybridized carbons (Fsp3) is 0.700. The predicted molar refractivity (Wildman–Crippen MR) is 107 cm³/mol. The first-order chi connectivity index (χ1) is 12.7. The maximum atomic E-state index is 10.00. The van der Waals surface area contributed by atoms with E-state index < -0.39 is 12.2 Å². The van der Waals surface area contributed by atoms with Gasteiger partial charge >= 0.3 is 0 Å². The third kappa shape index (κ3) is 10.6. The summed E-state index contributed by atoms with van der Waals surface area (Å²) in [5, 5.41) is 26.5. The second-order valence-corrected chi connectivity index (χ2v) is 6.47. The van der Waals surface area contributed by atoms with Gasteiger partial charge in [0.1, 0.15) is 0 Å². The Morgan fingerprint density at radius 1 is 0.808 bits per heavy atom. The third-order valence-corrected chi connectivity index (χ3v) is 3.89. The Balaban J connectivity index is 2.32. The summed E-state index contributed by atoms with van der Waals surface area (Å²) in [5.74, 6) is 0. The molecule has 0 saturated heterocycles. The molecule has 26 heavy (non-hydrogen) atoms. The average Bonchev–Trinajstić information content (AvgIpc) is 2.66. The van der Waals surface area contributed by atoms with E-state index >= 15 is 0 Å². The molecule has 2 unspecified atom stereocenters. The molecule has 1 rings (SSSR count). The Morgan fingerprint density at radius 2 is 1.23 bits per heavy atom. The second kappa shape index (κ2) is 14.8. The van der Waals surface area contributed by atoms with Crippen molar-refractivity contribution in [1.29, 1.82) is 0 Å². The summed E-state index contributed by atoms with van der Waals surface area (Å²) >= 11 is 0. The molecule has 0 bridgehead atoms. The van der Waals surface area contributed by atoms with Crippen LogP contribution < -0.4 is 10.6 Å². The van der Waals surface area contributed by atoms with E-state index in [1.807, 2.05) is 24.3 Å². The highest BCUT2D eigenvalue weighted by Gasteiger charge is 2.08. The average molecular weight is 369 g/mol. The number of unbranched alkanes of at least 4 members (excludes halogenated alkanes) is 2. The van der Waals surface area contributed by atoms with E-state index in [0.717, 1.165) is 37.1 Å². The first-order valence-electron chi connectivity index (χ1n) is 9.75. The minimum atomic E-state index is -0.558. The molecule has 0 aliphatic heterocycles. The molecule has 0 aromatic heterocycles. The standard InChI is InChI=1S/C20H36N2O4/c1-3-5-11-25-15-17(23)13-21-19-9-7-8-10-20(19)22-14-18(24)16-26-12-6-4-2/h7-10,17-18,21-24H,3-6,11-16H2,1-2H3. The number of hydrogen-bond donors (Lipinski definition) is 4. The van der Waals surface area contributed by atoms with Gasteiger partial charge in [0.25, 0.3) is 0 Å². The van der Waals surface area contributed by atoms with Gasteiger partial charge in [-0.15, -0.1) is 0 Å². The van der Waals surface area contributed by atoms with Crippen LogP contribution in [-0.2, 0) is 9.47 Å². The summed E-state index contributed by atoms with van der Waals surface area (Å²) in [6, 6.07) is 7.75. The maximum Gasteiger partial charge on any atom is 0.0945 e. The molecule has 0 aliphatic carbocycles. The molecule has 0 amide bonds. The van der Waals surface area contributed by atoms with Crippen molar-refractivity contribution in [2.45, 2.75) is 51.7 Å². The molecule has 150 valence electrons. The molecule has 6 nitrogen and oxygen atoms in total. The van der Waals surface area contributed by atoms with Crippen molar-refractivity contribution in [2.75, 3.05) is 50.2 Å². The number of para-hydroxylation sites is 2. The predicted octanol–water partition coefficient (Wildman–Crippen LogP) is 2.87. The van der Waals surface area contributed by atoms with E-state index in [4.69, 9.17) is 9.47 Å². The highest BCUT2D eigenvalue weighted by atomic mass is 16.5. The van der Waals surface area contributed by atoms with Crippen LogP contribution in [0.3, 0.4) is 0 Å². The first kappa shape index (κ1) is 22.7. The van der Waals surface area contributed by atoms with Crippen molar-refractivity contribution >= 4 is 11.4 Å². The minimum absolute atomic E-state index is 0.330. The topological polar surface area (TPSA) is 83.0 Å². The van der Waals surface area contributed by atoms with Gasteiger partial charge in [-0.25, -0.2) is 0 Å². The van der Waals surface area contributed by atoms with Crippen LogP contribution in [0.2, 0.25) is 0 Å². The number of ether oxygens (including phenoxy) is 2. The highest BCUT2D eigenvalue weighted by molar-refractivity contribution is 5.68. The second-order valence-electron chi connectivity index (χ2n) is 6.47. The summed E-state index contributed by atoms with van der Waals surface area (Å²) in [7, 11) is 0. The van der Waals surface area contributed by atoms with Crippen LogP contribution in [0.5, 0.6) is 0 Å². The van der Waals surface area contributed by atoms with E-state index in [0.29, 0.717) is 39.5 Å². The van der Waals surface area contributed by atoms with Crippen LogP contribution >= 0.6 is 0 Å². The number of anilines is 2. The normalized spacial score (nSPS) is 13.4. The lowest BCUT2D eigenvalue weighted by Crippen LogP contribution is -2.27. The van der Waals surface area contributed by atoms with Crippen molar-refractivity contribution in [3.63, 3.8) is 0 Å². The number of aliphatic hydroxyl groups is 2. The number of rotatable bonds is 16. The lowest BCUT2D eigenvalue weighted by Gasteiger charge is -2.18.